The molecule has 1 N–H and O–H groups in total. The Morgan fingerprint density at radius 3 is 2.67 bits per heavy atom. The van der Waals surface area contributed by atoms with Crippen molar-refractivity contribution in [1.82, 2.24) is 4.98 Å². The number of aromatic nitrogens is 1. The standard InChI is InChI=1S/C17H19FN2O4/c1-22-7-8-24-17-6-4-13(11-19-17)20-16(21)10-12-3-5-15(23-2)14(18)9-12/h3-6,9,11H,7-8,10H2,1-2H3,(H,20,21). The zero-order valence-electron chi connectivity index (χ0n) is 13.5. The molecule has 0 saturated heterocycles. The molecule has 2 rings (SSSR count). The van der Waals surface area contributed by atoms with Crippen molar-refractivity contribution >= 4 is 11.6 Å². The molecule has 0 aliphatic carbocycles. The number of nitrogens with one attached hydrogen (secondary N) is 1. The highest BCUT2D eigenvalue weighted by molar-refractivity contribution is 5.92. The van der Waals surface area contributed by atoms with Gasteiger partial charge in [-0.3, -0.25) is 4.79 Å². The van der Waals surface area contributed by atoms with Gasteiger partial charge in [-0.15, -0.1) is 0 Å². The van der Waals surface area contributed by atoms with Crippen LogP contribution in [0.3, 0.4) is 0 Å². The molecule has 0 saturated carbocycles. The molecule has 1 amide bonds. The number of pyridine rings is 1. The minimum absolute atomic E-state index is 0.0486. The van der Waals surface area contributed by atoms with Crippen molar-refractivity contribution < 1.29 is 23.4 Å². The Hall–Kier alpha value is -2.67. The molecular weight excluding hydrogens is 315 g/mol. The number of benzene rings is 1. The highest BCUT2D eigenvalue weighted by atomic mass is 19.1. The lowest BCUT2D eigenvalue weighted by atomic mass is 10.1. The minimum atomic E-state index is -0.498. The SMILES string of the molecule is COCCOc1ccc(NC(=O)Cc2ccc(OC)c(F)c2)cn1. The Morgan fingerprint density at radius 2 is 2.04 bits per heavy atom. The van der Waals surface area contributed by atoms with Gasteiger partial charge in [0.2, 0.25) is 11.8 Å². The smallest absolute Gasteiger partial charge is 0.228 e. The number of carbonyl (C=O) groups is 1. The lowest BCUT2D eigenvalue weighted by Crippen LogP contribution is -2.14. The minimum Gasteiger partial charge on any atom is -0.494 e. The lowest BCUT2D eigenvalue weighted by molar-refractivity contribution is -0.115. The number of carbonyl (C=O) groups excluding carboxylic acids is 1. The number of rotatable bonds is 8. The summed E-state index contributed by atoms with van der Waals surface area (Å²) >= 11 is 0. The average Bonchev–Trinajstić information content (AvgIpc) is 2.57. The van der Waals surface area contributed by atoms with Crippen LogP contribution >= 0.6 is 0 Å². The molecule has 7 heteroatoms. The third-order valence-corrected chi connectivity index (χ3v) is 3.14. The van der Waals surface area contributed by atoms with Gasteiger partial charge in [0.15, 0.2) is 11.6 Å². The van der Waals surface area contributed by atoms with Crippen LogP contribution in [-0.4, -0.2) is 38.3 Å². The topological polar surface area (TPSA) is 69.7 Å². The molecule has 24 heavy (non-hydrogen) atoms. The number of anilines is 1. The third-order valence-electron chi connectivity index (χ3n) is 3.14. The first kappa shape index (κ1) is 17.7. The molecule has 1 aromatic heterocycles. The Morgan fingerprint density at radius 1 is 1.21 bits per heavy atom. The van der Waals surface area contributed by atoms with Gasteiger partial charge in [0.1, 0.15) is 6.61 Å². The molecule has 0 aliphatic heterocycles. The van der Waals surface area contributed by atoms with Crippen LogP contribution in [0.25, 0.3) is 0 Å². The zero-order valence-corrected chi connectivity index (χ0v) is 13.5. The van der Waals surface area contributed by atoms with Gasteiger partial charge in [0.25, 0.3) is 0 Å². The fourth-order valence-corrected chi connectivity index (χ4v) is 1.98. The van der Waals surface area contributed by atoms with E-state index in [4.69, 9.17) is 14.2 Å². The lowest BCUT2D eigenvalue weighted by Gasteiger charge is -2.08. The zero-order chi connectivity index (χ0) is 17.4. The molecule has 0 spiro atoms. The van der Waals surface area contributed by atoms with Crippen LogP contribution in [0, 0.1) is 5.82 Å². The summed E-state index contributed by atoms with van der Waals surface area (Å²) in [5.74, 6) is -0.175. The van der Waals surface area contributed by atoms with Crippen molar-refractivity contribution in [2.75, 3.05) is 32.8 Å². The van der Waals surface area contributed by atoms with Gasteiger partial charge in [0, 0.05) is 13.2 Å². The van der Waals surface area contributed by atoms with Gasteiger partial charge < -0.3 is 19.5 Å². The van der Waals surface area contributed by atoms with E-state index in [1.165, 1.54) is 25.4 Å². The molecule has 2 aromatic rings. The van der Waals surface area contributed by atoms with Gasteiger partial charge in [-0.1, -0.05) is 6.07 Å². The summed E-state index contributed by atoms with van der Waals surface area (Å²) in [6, 6.07) is 7.75. The summed E-state index contributed by atoms with van der Waals surface area (Å²) in [6.45, 7) is 0.872. The van der Waals surface area contributed by atoms with Crippen LogP contribution in [0.5, 0.6) is 11.6 Å². The number of ether oxygens (including phenoxy) is 3. The molecule has 0 fully saturated rings. The normalized spacial score (nSPS) is 10.3. The molecule has 1 aromatic carbocycles. The largest absolute Gasteiger partial charge is 0.494 e. The summed E-state index contributed by atoms with van der Waals surface area (Å²) in [5.41, 5.74) is 1.09. The maximum absolute atomic E-state index is 13.6. The molecule has 0 atom stereocenters. The molecule has 0 radical (unpaired) electrons. The Labute approximate surface area is 139 Å². The van der Waals surface area contributed by atoms with E-state index in [9.17, 15) is 9.18 Å². The van der Waals surface area contributed by atoms with Crippen molar-refractivity contribution in [1.29, 1.82) is 0 Å². The van der Waals surface area contributed by atoms with E-state index >= 15 is 0 Å². The van der Waals surface area contributed by atoms with Gasteiger partial charge in [-0.05, 0) is 23.8 Å². The van der Waals surface area contributed by atoms with Crippen LogP contribution in [0.1, 0.15) is 5.56 Å². The highest BCUT2D eigenvalue weighted by Gasteiger charge is 2.08. The molecular formula is C17H19FN2O4. The Balaban J connectivity index is 1.88. The average molecular weight is 334 g/mol. The Bertz CT molecular complexity index is 677. The fraction of sp³-hybridized carbons (Fsp3) is 0.294. The number of amides is 1. The van der Waals surface area contributed by atoms with E-state index in [1.54, 1.807) is 25.3 Å². The van der Waals surface area contributed by atoms with Crippen LogP contribution in [-0.2, 0) is 16.0 Å². The summed E-state index contributed by atoms with van der Waals surface area (Å²) in [4.78, 5) is 16.1. The van der Waals surface area contributed by atoms with E-state index < -0.39 is 5.82 Å². The van der Waals surface area contributed by atoms with Crippen molar-refractivity contribution in [2.24, 2.45) is 0 Å². The van der Waals surface area contributed by atoms with Crippen molar-refractivity contribution in [2.45, 2.75) is 6.42 Å². The molecule has 0 aliphatic rings. The second kappa shape index (κ2) is 8.83. The van der Waals surface area contributed by atoms with E-state index in [1.807, 2.05) is 0 Å². The summed E-state index contributed by atoms with van der Waals surface area (Å²) in [7, 11) is 2.98. The summed E-state index contributed by atoms with van der Waals surface area (Å²) < 4.78 is 28.7. The van der Waals surface area contributed by atoms with Gasteiger partial charge in [-0.2, -0.15) is 0 Å². The van der Waals surface area contributed by atoms with Crippen molar-refractivity contribution in [3.63, 3.8) is 0 Å². The van der Waals surface area contributed by atoms with Gasteiger partial charge in [-0.25, -0.2) is 9.37 Å². The van der Waals surface area contributed by atoms with Crippen molar-refractivity contribution in [3.05, 3.63) is 47.9 Å². The van der Waals surface area contributed by atoms with Crippen LogP contribution < -0.4 is 14.8 Å². The number of hydrogen-bond acceptors (Lipinski definition) is 5. The molecule has 1 heterocycles. The number of halogens is 1. The van der Waals surface area contributed by atoms with Crippen molar-refractivity contribution in [3.8, 4) is 11.6 Å². The predicted octanol–water partition coefficient (Wildman–Crippen LogP) is 2.44. The van der Waals surface area contributed by atoms with E-state index in [-0.39, 0.29) is 18.1 Å². The summed E-state index contributed by atoms with van der Waals surface area (Å²) in [5, 5.41) is 2.70. The second-order valence-electron chi connectivity index (χ2n) is 4.92. The molecule has 0 bridgehead atoms. The quantitative estimate of drug-likeness (QED) is 0.751. The monoisotopic (exact) mass is 334 g/mol. The fourth-order valence-electron chi connectivity index (χ4n) is 1.98. The molecule has 6 nitrogen and oxygen atoms in total. The molecule has 128 valence electrons. The van der Waals surface area contributed by atoms with E-state index in [0.717, 1.165) is 0 Å². The van der Waals surface area contributed by atoms with Crippen LogP contribution in [0.4, 0.5) is 10.1 Å². The third kappa shape index (κ3) is 5.20. The van der Waals surface area contributed by atoms with E-state index in [2.05, 4.69) is 10.3 Å². The highest BCUT2D eigenvalue weighted by Crippen LogP contribution is 2.18. The summed E-state index contributed by atoms with van der Waals surface area (Å²) in [6.07, 6.45) is 1.54. The maximum Gasteiger partial charge on any atom is 0.228 e. The molecule has 0 unspecified atom stereocenters. The first-order chi connectivity index (χ1) is 11.6. The maximum atomic E-state index is 13.6. The number of nitrogens with zero attached hydrogens (tertiary/aromatic N) is 1. The number of hydrogen-bond donors (Lipinski definition) is 1. The van der Waals surface area contributed by atoms with Crippen LogP contribution in [0.15, 0.2) is 36.5 Å². The first-order valence-electron chi connectivity index (χ1n) is 7.32. The van der Waals surface area contributed by atoms with E-state index in [0.29, 0.717) is 30.3 Å². The van der Waals surface area contributed by atoms with Gasteiger partial charge >= 0.3 is 0 Å². The van der Waals surface area contributed by atoms with Gasteiger partial charge in [0.05, 0.1) is 32.0 Å². The second-order valence-corrected chi connectivity index (χ2v) is 4.92. The predicted molar refractivity (Wildman–Crippen MR) is 86.9 cm³/mol. The van der Waals surface area contributed by atoms with Crippen LogP contribution in [0.2, 0.25) is 0 Å². The number of methoxy groups -OCH3 is 2. The first-order valence-corrected chi connectivity index (χ1v) is 7.32. The Kier molecular flexibility index (Phi) is 6.51.